The molecule has 0 aliphatic heterocycles. The number of fused-ring (bicyclic) bond motifs is 2. The van der Waals surface area contributed by atoms with Gasteiger partial charge in [0.15, 0.2) is 0 Å². The van der Waals surface area contributed by atoms with E-state index in [2.05, 4.69) is 133 Å². The zero-order valence-corrected chi connectivity index (χ0v) is 23.1. The molecule has 0 N–H and O–H groups in total. The summed E-state index contributed by atoms with van der Waals surface area (Å²) in [6, 6.07) is 55.0. The molecule has 42 heavy (non-hydrogen) atoms. The molecule has 0 fully saturated rings. The number of hydrogen-bond acceptors (Lipinski definition) is 1. The number of rotatable bonds is 6. The normalized spacial score (nSPS) is 11.0. The highest BCUT2D eigenvalue weighted by molar-refractivity contribution is 5.98. The molecule has 0 amide bonds. The maximum Gasteiger partial charge on any atom is 0.133 e. The lowest BCUT2D eigenvalue weighted by atomic mass is 9.90. The average molecular weight is 537 g/mol. The second-order valence-electron chi connectivity index (χ2n) is 10.7. The molecule has 0 aliphatic rings. The van der Waals surface area contributed by atoms with Crippen LogP contribution >= 0.6 is 0 Å². The summed E-state index contributed by atoms with van der Waals surface area (Å²) >= 11 is 0. The molecule has 0 radical (unpaired) electrons. The van der Waals surface area contributed by atoms with Gasteiger partial charge in [-0.1, -0.05) is 146 Å². The Bertz CT molecular complexity index is 2090. The van der Waals surface area contributed by atoms with Crippen LogP contribution in [0.1, 0.15) is 22.3 Å². The third-order valence-corrected chi connectivity index (χ3v) is 8.08. The van der Waals surface area contributed by atoms with Crippen molar-refractivity contribution in [2.45, 2.75) is 6.42 Å². The van der Waals surface area contributed by atoms with Gasteiger partial charge in [-0.2, -0.15) is 0 Å². The Morgan fingerprint density at radius 3 is 1.50 bits per heavy atom. The minimum atomic E-state index is 0.587. The lowest BCUT2D eigenvalue weighted by Gasteiger charge is -2.12. The van der Waals surface area contributed by atoms with Crippen LogP contribution in [0.25, 0.3) is 49.4 Å². The molecular weight excluding hydrogens is 508 g/mol. The first-order valence-electron chi connectivity index (χ1n) is 14.3. The number of carbonyl (C=O) groups excluding carboxylic acids is 1. The number of benzene rings is 7. The first kappa shape index (κ1) is 25.5. The molecule has 1 heteroatoms. The summed E-state index contributed by atoms with van der Waals surface area (Å²) in [6.45, 7) is 0. The van der Waals surface area contributed by atoms with Crippen LogP contribution in [0.5, 0.6) is 0 Å². The summed E-state index contributed by atoms with van der Waals surface area (Å²) < 4.78 is 0. The molecule has 0 spiro atoms. The summed E-state index contributed by atoms with van der Waals surface area (Å²) in [5, 5.41) is 4.93. The summed E-state index contributed by atoms with van der Waals surface area (Å²) in [5.74, 6) is 2.26. The molecule has 0 aliphatic carbocycles. The molecule has 0 bridgehead atoms. The third kappa shape index (κ3) is 5.06. The van der Waals surface area contributed by atoms with E-state index in [1.54, 1.807) is 0 Å². The largest absolute Gasteiger partial charge is 0.233 e. The minimum absolute atomic E-state index is 0.587. The van der Waals surface area contributed by atoms with Gasteiger partial charge in [0, 0.05) is 0 Å². The minimum Gasteiger partial charge on any atom is -0.233 e. The Morgan fingerprint density at radius 2 is 0.929 bits per heavy atom. The van der Waals surface area contributed by atoms with E-state index in [0.29, 0.717) is 5.57 Å². The molecule has 7 rings (SSSR count). The summed E-state index contributed by atoms with van der Waals surface area (Å²) in [6.07, 6.45) is 0.731. The van der Waals surface area contributed by atoms with Crippen LogP contribution in [-0.4, -0.2) is 5.94 Å². The van der Waals surface area contributed by atoms with Gasteiger partial charge in [-0.25, -0.2) is 4.79 Å². The van der Waals surface area contributed by atoms with Gasteiger partial charge in [0.05, 0.1) is 5.57 Å². The van der Waals surface area contributed by atoms with Gasteiger partial charge in [-0.05, 0) is 84.6 Å². The Hall–Kier alpha value is -5.49. The fourth-order valence-corrected chi connectivity index (χ4v) is 5.79. The van der Waals surface area contributed by atoms with E-state index in [0.717, 1.165) is 34.2 Å². The summed E-state index contributed by atoms with van der Waals surface area (Å²) in [7, 11) is 0. The van der Waals surface area contributed by atoms with Crippen molar-refractivity contribution in [3.63, 3.8) is 0 Å². The molecule has 7 aromatic carbocycles. The van der Waals surface area contributed by atoms with E-state index < -0.39 is 0 Å². The van der Waals surface area contributed by atoms with Crippen molar-refractivity contribution in [2.75, 3.05) is 0 Å². The monoisotopic (exact) mass is 536 g/mol. The zero-order chi connectivity index (χ0) is 28.3. The van der Waals surface area contributed by atoms with Crippen molar-refractivity contribution in [3.05, 3.63) is 180 Å². The molecule has 7 aromatic rings. The molecule has 1 nitrogen and oxygen atoms in total. The maximum absolute atomic E-state index is 12.3. The van der Waals surface area contributed by atoms with Gasteiger partial charge in [0.25, 0.3) is 0 Å². The Labute approximate surface area is 246 Å². The van der Waals surface area contributed by atoms with Crippen molar-refractivity contribution >= 4 is 33.1 Å². The van der Waals surface area contributed by atoms with Crippen LogP contribution in [0.3, 0.4) is 0 Å². The molecule has 198 valence electrons. The lowest BCUT2D eigenvalue weighted by Crippen LogP contribution is -1.97. The molecule has 0 aromatic heterocycles. The van der Waals surface area contributed by atoms with Gasteiger partial charge in [0.1, 0.15) is 5.94 Å². The quantitative estimate of drug-likeness (QED) is 0.193. The fraction of sp³-hybridized carbons (Fsp3) is 0.0244. The van der Waals surface area contributed by atoms with Gasteiger partial charge in [0.2, 0.25) is 0 Å². The highest BCUT2D eigenvalue weighted by Crippen LogP contribution is 2.30. The van der Waals surface area contributed by atoms with Gasteiger partial charge >= 0.3 is 0 Å². The van der Waals surface area contributed by atoms with Crippen LogP contribution in [0, 0.1) is 0 Å². The highest BCUT2D eigenvalue weighted by Gasteiger charge is 2.13. The maximum atomic E-state index is 12.3. The molecule has 0 atom stereocenters. The second kappa shape index (κ2) is 11.2. The first-order chi connectivity index (χ1) is 20.7. The van der Waals surface area contributed by atoms with Crippen molar-refractivity contribution in [2.24, 2.45) is 0 Å². The molecule has 0 saturated carbocycles. The van der Waals surface area contributed by atoms with Crippen LogP contribution in [0.2, 0.25) is 0 Å². The predicted octanol–water partition coefficient (Wildman–Crippen LogP) is 10.2. The number of hydrogen-bond donors (Lipinski definition) is 0. The van der Waals surface area contributed by atoms with Crippen LogP contribution in [0.15, 0.2) is 158 Å². The van der Waals surface area contributed by atoms with E-state index in [1.807, 2.05) is 30.3 Å². The summed E-state index contributed by atoms with van der Waals surface area (Å²) in [4.78, 5) is 12.3. The van der Waals surface area contributed by atoms with Crippen LogP contribution in [-0.2, 0) is 11.2 Å². The zero-order valence-electron chi connectivity index (χ0n) is 23.1. The van der Waals surface area contributed by atoms with E-state index in [1.165, 1.54) is 38.2 Å². The molecule has 0 unspecified atom stereocenters. The first-order valence-corrected chi connectivity index (χ1v) is 14.3. The molecule has 0 saturated heterocycles. The fourth-order valence-electron chi connectivity index (χ4n) is 5.79. The topological polar surface area (TPSA) is 17.1 Å². The van der Waals surface area contributed by atoms with Gasteiger partial charge in [-0.15, -0.1) is 0 Å². The van der Waals surface area contributed by atoms with E-state index in [4.69, 9.17) is 0 Å². The van der Waals surface area contributed by atoms with Crippen molar-refractivity contribution < 1.29 is 4.79 Å². The van der Waals surface area contributed by atoms with E-state index in [-0.39, 0.29) is 0 Å². The van der Waals surface area contributed by atoms with E-state index >= 15 is 0 Å². The van der Waals surface area contributed by atoms with Gasteiger partial charge < -0.3 is 0 Å². The highest BCUT2D eigenvalue weighted by atomic mass is 16.1. The van der Waals surface area contributed by atoms with Crippen LogP contribution in [0.4, 0.5) is 0 Å². The Morgan fingerprint density at radius 1 is 0.452 bits per heavy atom. The van der Waals surface area contributed by atoms with Crippen molar-refractivity contribution in [1.29, 1.82) is 0 Å². The molecular formula is C41H28O. The van der Waals surface area contributed by atoms with Crippen molar-refractivity contribution in [3.8, 4) is 22.3 Å². The predicted molar refractivity (Wildman–Crippen MR) is 176 cm³/mol. The second-order valence-corrected chi connectivity index (χ2v) is 10.7. The van der Waals surface area contributed by atoms with Crippen LogP contribution < -0.4 is 0 Å². The van der Waals surface area contributed by atoms with E-state index in [9.17, 15) is 4.79 Å². The lowest BCUT2D eigenvalue weighted by molar-refractivity contribution is 0.569. The van der Waals surface area contributed by atoms with Gasteiger partial charge in [-0.3, -0.25) is 0 Å². The standard InChI is InChI=1S/C41H28O/c42-28-41(34-21-17-33(18-22-34)38-24-20-31-8-2-4-10-36(31)27-38)40-12-6-5-11-39(40)25-29-13-15-32(16-14-29)37-23-19-30-7-1-3-9-35(30)26-37/h1-24,26-27H,25H2. The average Bonchev–Trinajstić information content (AvgIpc) is 3.06. The SMILES string of the molecule is O=C=C(c1ccc(-c2ccc3ccccc3c2)cc1)c1ccccc1Cc1ccc(-c2ccc3ccccc3c2)cc1. The summed E-state index contributed by atoms with van der Waals surface area (Å²) in [5.41, 5.74) is 9.36. The van der Waals surface area contributed by atoms with Crippen molar-refractivity contribution in [1.82, 2.24) is 0 Å². The molecule has 0 heterocycles. The Balaban J connectivity index is 1.14. The third-order valence-electron chi connectivity index (χ3n) is 8.08. The smallest absolute Gasteiger partial charge is 0.133 e. The Kier molecular flexibility index (Phi) is 6.78.